The minimum Gasteiger partial charge on any atom is -0.294 e. The van der Waals surface area contributed by atoms with Crippen molar-refractivity contribution in [1.82, 2.24) is 23.5 Å². The van der Waals surface area contributed by atoms with Crippen LogP contribution in [0.3, 0.4) is 0 Å². The lowest BCUT2D eigenvalue weighted by Crippen LogP contribution is -2.03. The van der Waals surface area contributed by atoms with E-state index in [2.05, 4.69) is 177 Å². The molecule has 0 unspecified atom stereocenters. The van der Waals surface area contributed by atoms with Crippen LogP contribution < -0.4 is 0 Å². The van der Waals surface area contributed by atoms with Gasteiger partial charge in [-0.25, -0.2) is 9.97 Å². The van der Waals surface area contributed by atoms with Gasteiger partial charge in [0.15, 0.2) is 0 Å². The van der Waals surface area contributed by atoms with Crippen molar-refractivity contribution in [2.24, 2.45) is 0 Å². The van der Waals surface area contributed by atoms with E-state index in [1.165, 1.54) is 32.7 Å². The third kappa shape index (κ3) is 3.70. The highest BCUT2D eigenvalue weighted by Crippen LogP contribution is 2.38. The summed E-state index contributed by atoms with van der Waals surface area (Å²) in [5, 5.41) is 6.95. The van der Waals surface area contributed by atoms with Crippen LogP contribution in [0.15, 0.2) is 164 Å². The number of aromatic nitrogens is 5. The van der Waals surface area contributed by atoms with Crippen molar-refractivity contribution in [3.63, 3.8) is 0 Å². The molecule has 0 fully saturated rings. The molecule has 0 aliphatic rings. The van der Waals surface area contributed by atoms with Crippen LogP contribution in [0.5, 0.6) is 0 Å². The van der Waals surface area contributed by atoms with E-state index in [1.54, 1.807) is 0 Å². The summed E-state index contributed by atoms with van der Waals surface area (Å²) in [5.41, 5.74) is 10.9. The lowest BCUT2D eigenvalue weighted by molar-refractivity contribution is 1.01. The lowest BCUT2D eigenvalue weighted by Gasteiger charge is -2.13. The van der Waals surface area contributed by atoms with Gasteiger partial charge in [-0.1, -0.05) is 109 Å². The normalized spacial score (nSPS) is 12.1. The highest BCUT2D eigenvalue weighted by molar-refractivity contribution is 6.10. The fraction of sp³-hybridized carbons (Fsp3) is 0. The van der Waals surface area contributed by atoms with Crippen molar-refractivity contribution in [2.75, 3.05) is 0 Å². The number of hydrogen-bond donors (Lipinski definition) is 0. The van der Waals surface area contributed by atoms with Crippen LogP contribution in [-0.2, 0) is 0 Å². The highest BCUT2D eigenvalue weighted by atomic mass is 15.2. The molecule has 228 valence electrons. The van der Waals surface area contributed by atoms with E-state index >= 15 is 0 Å². The zero-order valence-corrected chi connectivity index (χ0v) is 26.3. The first-order chi connectivity index (χ1) is 24.3. The zero-order chi connectivity index (χ0) is 32.1. The molecular formula is C44H27N5. The summed E-state index contributed by atoms with van der Waals surface area (Å²) in [6.07, 6.45) is 0. The molecule has 5 heteroatoms. The Balaban J connectivity index is 1.20. The summed E-state index contributed by atoms with van der Waals surface area (Å²) in [4.78, 5) is 10.6. The van der Waals surface area contributed by atoms with E-state index in [4.69, 9.17) is 9.97 Å². The number of fused-ring (bicyclic) bond motifs is 10. The first kappa shape index (κ1) is 26.4. The summed E-state index contributed by atoms with van der Waals surface area (Å²) in [5.74, 6) is 0.659. The second kappa shape index (κ2) is 9.89. The summed E-state index contributed by atoms with van der Waals surface area (Å²) >= 11 is 0. The zero-order valence-electron chi connectivity index (χ0n) is 26.3. The number of para-hydroxylation sites is 5. The Bertz CT molecular complexity index is 3120. The van der Waals surface area contributed by atoms with Crippen molar-refractivity contribution < 1.29 is 0 Å². The van der Waals surface area contributed by atoms with Gasteiger partial charge in [0, 0.05) is 32.8 Å². The van der Waals surface area contributed by atoms with E-state index in [9.17, 15) is 0 Å². The smallest absolute Gasteiger partial charge is 0.235 e. The van der Waals surface area contributed by atoms with Crippen molar-refractivity contribution >= 4 is 71.1 Å². The summed E-state index contributed by atoms with van der Waals surface area (Å²) < 4.78 is 6.98. The fourth-order valence-corrected chi connectivity index (χ4v) is 7.91. The minimum atomic E-state index is 0.659. The average Bonchev–Trinajstić information content (AvgIpc) is 3.81. The van der Waals surface area contributed by atoms with Gasteiger partial charge in [0.1, 0.15) is 5.65 Å². The molecule has 0 saturated carbocycles. The lowest BCUT2D eigenvalue weighted by atomic mass is 9.99. The topological polar surface area (TPSA) is 40.0 Å². The molecular weight excluding hydrogens is 599 g/mol. The third-order valence-corrected chi connectivity index (χ3v) is 10.0. The van der Waals surface area contributed by atoms with Gasteiger partial charge in [-0.05, 0) is 65.4 Å². The predicted octanol–water partition coefficient (Wildman–Crippen LogP) is 10.9. The van der Waals surface area contributed by atoms with Crippen molar-refractivity contribution in [3.8, 4) is 22.9 Å². The molecule has 7 aromatic carbocycles. The number of nitrogens with zero attached hydrogens (tertiary/aromatic N) is 5. The van der Waals surface area contributed by atoms with Crippen molar-refractivity contribution in [2.45, 2.75) is 0 Å². The van der Waals surface area contributed by atoms with Crippen LogP contribution in [-0.4, -0.2) is 23.5 Å². The molecule has 0 aliphatic heterocycles. The van der Waals surface area contributed by atoms with Crippen LogP contribution >= 0.6 is 0 Å². The first-order valence-electron chi connectivity index (χ1n) is 16.6. The molecule has 4 heterocycles. The maximum absolute atomic E-state index is 5.39. The van der Waals surface area contributed by atoms with Gasteiger partial charge in [0.2, 0.25) is 5.95 Å². The van der Waals surface area contributed by atoms with Gasteiger partial charge in [-0.2, -0.15) is 0 Å². The monoisotopic (exact) mass is 625 g/mol. The molecule has 0 bridgehead atoms. The third-order valence-electron chi connectivity index (χ3n) is 10.0. The Morgan fingerprint density at radius 2 is 1.04 bits per heavy atom. The van der Waals surface area contributed by atoms with Gasteiger partial charge in [-0.15, -0.1) is 0 Å². The largest absolute Gasteiger partial charge is 0.294 e. The van der Waals surface area contributed by atoms with Gasteiger partial charge >= 0.3 is 0 Å². The van der Waals surface area contributed by atoms with E-state index < -0.39 is 0 Å². The molecule has 11 rings (SSSR count). The average molecular weight is 626 g/mol. The number of imidazole rings is 1. The second-order valence-electron chi connectivity index (χ2n) is 12.7. The Morgan fingerprint density at radius 3 is 1.92 bits per heavy atom. The van der Waals surface area contributed by atoms with Gasteiger partial charge in [0.05, 0.1) is 38.8 Å². The summed E-state index contributed by atoms with van der Waals surface area (Å²) in [6.45, 7) is 0. The minimum absolute atomic E-state index is 0.659. The van der Waals surface area contributed by atoms with Gasteiger partial charge in [0.25, 0.3) is 0 Å². The van der Waals surface area contributed by atoms with E-state index in [0.717, 1.165) is 55.3 Å². The van der Waals surface area contributed by atoms with Crippen molar-refractivity contribution in [3.05, 3.63) is 164 Å². The highest BCUT2D eigenvalue weighted by Gasteiger charge is 2.20. The van der Waals surface area contributed by atoms with E-state index in [0.29, 0.717) is 5.95 Å². The number of hydrogen-bond acceptors (Lipinski definition) is 2. The van der Waals surface area contributed by atoms with E-state index in [1.807, 2.05) is 0 Å². The molecule has 0 spiro atoms. The molecule has 0 aliphatic carbocycles. The Morgan fingerprint density at radius 1 is 0.388 bits per heavy atom. The first-order valence-corrected chi connectivity index (χ1v) is 16.6. The standard InChI is InChI=1S/C44H27N5/c1-3-15-31-28(12-1)14-11-18-33(31)43-34-17-4-6-19-36(34)45-44(46-43)49-38-21-8-5-16-32(38)35-27-30(24-25-39(35)49)47-40-22-9-10-23-41(40)48-37-20-7-2-13-29(37)26-42(47)48/h1-27H. The SMILES string of the molecule is c1ccc2c(-c3nc(-n4c5ccccc5c5cc(-n6c7ccccc7n7c8ccccc8cc67)ccc54)nc4ccccc34)cccc2c1. The van der Waals surface area contributed by atoms with Gasteiger partial charge < -0.3 is 0 Å². The molecule has 5 nitrogen and oxygen atoms in total. The second-order valence-corrected chi connectivity index (χ2v) is 12.7. The quantitative estimate of drug-likeness (QED) is 0.196. The molecule has 0 N–H and O–H groups in total. The molecule has 0 amide bonds. The van der Waals surface area contributed by atoms with Crippen LogP contribution in [0, 0.1) is 0 Å². The molecule has 11 aromatic rings. The summed E-state index contributed by atoms with van der Waals surface area (Å²) in [7, 11) is 0. The predicted molar refractivity (Wildman–Crippen MR) is 202 cm³/mol. The maximum atomic E-state index is 5.39. The Labute approximate surface area is 280 Å². The molecule has 0 atom stereocenters. The van der Waals surface area contributed by atoms with Crippen LogP contribution in [0.4, 0.5) is 0 Å². The Hall–Kier alpha value is -6.72. The summed E-state index contributed by atoms with van der Waals surface area (Å²) in [6, 6.07) is 58.2. The number of rotatable bonds is 3. The van der Waals surface area contributed by atoms with Gasteiger partial charge in [-0.3, -0.25) is 13.5 Å². The van der Waals surface area contributed by atoms with Crippen LogP contribution in [0.2, 0.25) is 0 Å². The van der Waals surface area contributed by atoms with Crippen LogP contribution in [0.1, 0.15) is 0 Å². The Kier molecular flexibility index (Phi) is 5.32. The number of benzene rings is 7. The van der Waals surface area contributed by atoms with Crippen molar-refractivity contribution in [1.29, 1.82) is 0 Å². The van der Waals surface area contributed by atoms with E-state index in [-0.39, 0.29) is 0 Å². The fourth-order valence-electron chi connectivity index (χ4n) is 7.91. The van der Waals surface area contributed by atoms with Crippen LogP contribution in [0.25, 0.3) is 94.0 Å². The molecule has 0 saturated heterocycles. The molecule has 0 radical (unpaired) electrons. The molecule has 4 aromatic heterocycles. The maximum Gasteiger partial charge on any atom is 0.235 e. The molecule has 49 heavy (non-hydrogen) atoms.